The van der Waals surface area contributed by atoms with Crippen LogP contribution in [-0.4, -0.2) is 26.8 Å². The fraction of sp³-hybridized carbons (Fsp3) is 0. The standard InChI is InChI=1S/C27H21N7O2S/c28-21-8-1-2-9-22(21)34-26(36)23-11-10-18(15-30-23)25(35)32-19-6-3-7-20(13-19)33-27-31-16-24(37-27)17-5-4-12-29-14-17/h1-16H,28H2,(H,31,33)(H,32,35)(H,34,36). The Hall–Kier alpha value is -5.09. The first-order valence-corrected chi connectivity index (χ1v) is 12.0. The highest BCUT2D eigenvalue weighted by atomic mass is 32.1. The normalized spacial score (nSPS) is 10.5. The number of rotatable bonds is 7. The molecule has 3 heterocycles. The zero-order chi connectivity index (χ0) is 25.6. The summed E-state index contributed by atoms with van der Waals surface area (Å²) < 4.78 is 0. The van der Waals surface area contributed by atoms with Gasteiger partial charge in [0.05, 0.1) is 21.8 Å². The average Bonchev–Trinajstić information content (AvgIpc) is 3.39. The lowest BCUT2D eigenvalue weighted by Gasteiger charge is -2.09. The van der Waals surface area contributed by atoms with Gasteiger partial charge < -0.3 is 21.7 Å². The number of nitrogens with one attached hydrogen (secondary N) is 3. The maximum atomic E-state index is 12.8. The van der Waals surface area contributed by atoms with Crippen LogP contribution in [0, 0.1) is 0 Å². The molecule has 5 aromatic rings. The number of nitrogen functional groups attached to an aromatic ring is 1. The Balaban J connectivity index is 1.22. The highest BCUT2D eigenvalue weighted by Crippen LogP contribution is 2.30. The summed E-state index contributed by atoms with van der Waals surface area (Å²) in [5, 5.41) is 9.54. The van der Waals surface area contributed by atoms with Gasteiger partial charge in [-0.05, 0) is 48.5 Å². The van der Waals surface area contributed by atoms with Crippen LogP contribution in [0.3, 0.4) is 0 Å². The molecule has 37 heavy (non-hydrogen) atoms. The smallest absolute Gasteiger partial charge is 0.274 e. The van der Waals surface area contributed by atoms with E-state index in [1.807, 2.05) is 30.3 Å². The highest BCUT2D eigenvalue weighted by molar-refractivity contribution is 7.18. The van der Waals surface area contributed by atoms with Gasteiger partial charge in [-0.25, -0.2) is 4.98 Å². The molecule has 10 heteroatoms. The van der Waals surface area contributed by atoms with Gasteiger partial charge in [0, 0.05) is 41.7 Å². The van der Waals surface area contributed by atoms with Crippen LogP contribution < -0.4 is 21.7 Å². The number of benzene rings is 2. The molecule has 0 fully saturated rings. The molecule has 3 aromatic heterocycles. The predicted octanol–water partition coefficient (Wildman–Crippen LogP) is 5.43. The van der Waals surface area contributed by atoms with Gasteiger partial charge in [-0.2, -0.15) is 0 Å². The van der Waals surface area contributed by atoms with Crippen molar-refractivity contribution in [1.29, 1.82) is 0 Å². The van der Waals surface area contributed by atoms with Crippen molar-refractivity contribution in [1.82, 2.24) is 15.0 Å². The number of nitrogens with zero attached hydrogens (tertiary/aromatic N) is 3. The maximum absolute atomic E-state index is 12.8. The van der Waals surface area contributed by atoms with Gasteiger partial charge in [0.2, 0.25) is 0 Å². The molecule has 0 bridgehead atoms. The van der Waals surface area contributed by atoms with Crippen LogP contribution in [0.5, 0.6) is 0 Å². The number of amides is 2. The summed E-state index contributed by atoms with van der Waals surface area (Å²) in [6.45, 7) is 0. The van der Waals surface area contributed by atoms with Crippen molar-refractivity contribution < 1.29 is 9.59 Å². The fourth-order valence-electron chi connectivity index (χ4n) is 3.44. The van der Waals surface area contributed by atoms with Gasteiger partial charge in [-0.1, -0.05) is 35.6 Å². The van der Waals surface area contributed by atoms with E-state index in [1.54, 1.807) is 55.0 Å². The highest BCUT2D eigenvalue weighted by Gasteiger charge is 2.12. The van der Waals surface area contributed by atoms with Gasteiger partial charge in [0.25, 0.3) is 11.8 Å². The molecule has 0 atom stereocenters. The molecule has 0 spiro atoms. The van der Waals surface area contributed by atoms with Crippen LogP contribution in [0.2, 0.25) is 0 Å². The maximum Gasteiger partial charge on any atom is 0.274 e. The minimum atomic E-state index is -0.419. The molecule has 0 radical (unpaired) electrons. The summed E-state index contributed by atoms with van der Waals surface area (Å²) in [5.41, 5.74) is 9.66. The van der Waals surface area contributed by atoms with E-state index in [9.17, 15) is 9.59 Å². The minimum Gasteiger partial charge on any atom is -0.397 e. The summed E-state index contributed by atoms with van der Waals surface area (Å²) in [7, 11) is 0. The van der Waals surface area contributed by atoms with E-state index in [2.05, 4.69) is 30.9 Å². The number of pyridine rings is 2. The second kappa shape index (κ2) is 10.7. The lowest BCUT2D eigenvalue weighted by molar-refractivity contribution is 0.101. The molecule has 5 N–H and O–H groups in total. The topological polar surface area (TPSA) is 135 Å². The Morgan fingerprint density at radius 2 is 1.65 bits per heavy atom. The van der Waals surface area contributed by atoms with Crippen molar-refractivity contribution >= 4 is 51.0 Å². The molecule has 9 nitrogen and oxygen atoms in total. The quantitative estimate of drug-likeness (QED) is 0.216. The summed E-state index contributed by atoms with van der Waals surface area (Å²) >= 11 is 1.50. The number of hydrogen-bond donors (Lipinski definition) is 4. The third kappa shape index (κ3) is 5.77. The van der Waals surface area contributed by atoms with Crippen LogP contribution in [0.4, 0.5) is 27.9 Å². The SMILES string of the molecule is Nc1ccccc1NC(=O)c1ccc(C(=O)Nc2cccc(Nc3ncc(-c4cccnc4)s3)c2)cn1. The number of anilines is 5. The van der Waals surface area contributed by atoms with E-state index in [4.69, 9.17) is 5.73 Å². The fourth-order valence-corrected chi connectivity index (χ4v) is 4.26. The number of hydrogen-bond acceptors (Lipinski definition) is 8. The van der Waals surface area contributed by atoms with Crippen molar-refractivity contribution in [2.24, 2.45) is 0 Å². The molecule has 2 amide bonds. The zero-order valence-electron chi connectivity index (χ0n) is 19.4. The second-order valence-corrected chi connectivity index (χ2v) is 8.94. The van der Waals surface area contributed by atoms with E-state index in [1.165, 1.54) is 23.6 Å². The number of nitrogens with two attached hydrogens (primary N) is 1. The zero-order valence-corrected chi connectivity index (χ0v) is 20.2. The lowest BCUT2D eigenvalue weighted by Crippen LogP contribution is -2.16. The van der Waals surface area contributed by atoms with Crippen LogP contribution in [0.15, 0.2) is 97.6 Å². The van der Waals surface area contributed by atoms with Crippen molar-refractivity contribution in [3.05, 3.63) is 109 Å². The molecule has 0 aliphatic carbocycles. The van der Waals surface area contributed by atoms with Crippen molar-refractivity contribution in [3.8, 4) is 10.4 Å². The van der Waals surface area contributed by atoms with E-state index in [0.29, 0.717) is 22.6 Å². The largest absolute Gasteiger partial charge is 0.397 e. The Bertz CT molecular complexity index is 1550. The third-order valence-electron chi connectivity index (χ3n) is 5.29. The lowest BCUT2D eigenvalue weighted by atomic mass is 10.2. The van der Waals surface area contributed by atoms with Crippen molar-refractivity contribution in [3.63, 3.8) is 0 Å². The molecule has 0 aliphatic rings. The number of carbonyl (C=O) groups excluding carboxylic acids is 2. The third-order valence-corrected chi connectivity index (χ3v) is 6.25. The van der Waals surface area contributed by atoms with Crippen LogP contribution >= 0.6 is 11.3 Å². The summed E-state index contributed by atoms with van der Waals surface area (Å²) in [6.07, 6.45) is 6.67. The number of carbonyl (C=O) groups is 2. The molecular formula is C27H21N7O2S. The summed E-state index contributed by atoms with van der Waals surface area (Å²) in [5.74, 6) is -0.769. The van der Waals surface area contributed by atoms with E-state index in [0.717, 1.165) is 21.3 Å². The number of aromatic nitrogens is 3. The Morgan fingerprint density at radius 1 is 0.784 bits per heavy atom. The summed E-state index contributed by atoms with van der Waals surface area (Å²) in [6, 6.07) is 21.1. The van der Waals surface area contributed by atoms with E-state index in [-0.39, 0.29) is 11.6 Å². The molecule has 5 rings (SSSR count). The molecule has 0 saturated carbocycles. The Kier molecular flexibility index (Phi) is 6.82. The first-order valence-electron chi connectivity index (χ1n) is 11.2. The Labute approximate surface area is 216 Å². The molecule has 2 aromatic carbocycles. The van der Waals surface area contributed by atoms with Crippen LogP contribution in [-0.2, 0) is 0 Å². The molecule has 182 valence electrons. The number of thiazole rings is 1. The molecule has 0 aliphatic heterocycles. The molecule has 0 unspecified atom stereocenters. The summed E-state index contributed by atoms with van der Waals surface area (Å²) in [4.78, 5) is 38.9. The van der Waals surface area contributed by atoms with Gasteiger partial charge in [-0.3, -0.25) is 19.6 Å². The van der Waals surface area contributed by atoms with Gasteiger partial charge >= 0.3 is 0 Å². The van der Waals surface area contributed by atoms with E-state index < -0.39 is 5.91 Å². The van der Waals surface area contributed by atoms with Crippen LogP contribution in [0.1, 0.15) is 20.8 Å². The number of para-hydroxylation sites is 2. The van der Waals surface area contributed by atoms with Gasteiger partial charge in [-0.15, -0.1) is 0 Å². The average molecular weight is 508 g/mol. The van der Waals surface area contributed by atoms with E-state index >= 15 is 0 Å². The van der Waals surface area contributed by atoms with Crippen molar-refractivity contribution in [2.75, 3.05) is 21.7 Å². The first kappa shape index (κ1) is 23.6. The van der Waals surface area contributed by atoms with Crippen molar-refractivity contribution in [2.45, 2.75) is 0 Å². The predicted molar refractivity (Wildman–Crippen MR) is 146 cm³/mol. The molecule has 0 saturated heterocycles. The monoisotopic (exact) mass is 507 g/mol. The van der Waals surface area contributed by atoms with Gasteiger partial charge in [0.1, 0.15) is 5.69 Å². The minimum absolute atomic E-state index is 0.167. The Morgan fingerprint density at radius 3 is 2.43 bits per heavy atom. The first-order chi connectivity index (χ1) is 18.0. The second-order valence-electron chi connectivity index (χ2n) is 7.90. The van der Waals surface area contributed by atoms with Gasteiger partial charge in [0.15, 0.2) is 5.13 Å². The molecular weight excluding hydrogens is 486 g/mol. The van der Waals surface area contributed by atoms with Crippen LogP contribution in [0.25, 0.3) is 10.4 Å².